The molecule has 0 aliphatic carbocycles. The lowest BCUT2D eigenvalue weighted by Crippen LogP contribution is -1.97. The third kappa shape index (κ3) is 4.71. The Morgan fingerprint density at radius 2 is 1.16 bits per heavy atom. The van der Waals surface area contributed by atoms with E-state index in [1.54, 1.807) is 6.20 Å². The summed E-state index contributed by atoms with van der Waals surface area (Å²) in [7, 11) is 0. The summed E-state index contributed by atoms with van der Waals surface area (Å²) in [6.07, 6.45) is 3.70. The molecule has 10 aromatic rings. The number of aromatic nitrogens is 3. The first kappa shape index (κ1) is 28.6. The van der Waals surface area contributed by atoms with Gasteiger partial charge in [0.15, 0.2) is 5.82 Å². The molecule has 4 nitrogen and oxygen atoms in total. The van der Waals surface area contributed by atoms with E-state index in [-0.39, 0.29) is 0 Å². The molecular formula is C45H27N3OS. The van der Waals surface area contributed by atoms with Gasteiger partial charge in [0.25, 0.3) is 0 Å². The maximum atomic E-state index is 6.74. The van der Waals surface area contributed by atoms with Gasteiger partial charge in [0.1, 0.15) is 11.2 Å². The van der Waals surface area contributed by atoms with Crippen molar-refractivity contribution in [3.8, 4) is 56.2 Å². The fourth-order valence-corrected chi connectivity index (χ4v) is 8.17. The second kappa shape index (κ2) is 11.6. The predicted octanol–water partition coefficient (Wildman–Crippen LogP) is 12.5. The van der Waals surface area contributed by atoms with Gasteiger partial charge < -0.3 is 4.42 Å². The highest BCUT2D eigenvalue weighted by Crippen LogP contribution is 2.44. The molecule has 0 radical (unpaired) electrons. The van der Waals surface area contributed by atoms with E-state index in [1.165, 1.54) is 20.2 Å². The SMILES string of the molecule is c1ccc(-c2nc(-c3ccccc3-c3cccnc3)cc(-c3ccc(-c4ccc5sc6ccccc6c5c4)c4oc5ccccc5c34)n2)cc1. The Labute approximate surface area is 292 Å². The molecule has 0 atom stereocenters. The standard InChI is InChI=1S/C45H27N3OS/c1-2-11-28(12-3-1)45-47-38(33-15-5-4-14-31(33)30-13-10-24-46-27-30)26-39(48-45)35-22-21-32(44-43(35)36-17-6-8-18-40(36)49-44)29-20-23-42-37(25-29)34-16-7-9-19-41(34)50-42/h1-27H. The third-order valence-corrected chi connectivity index (χ3v) is 10.6. The van der Waals surface area contributed by atoms with E-state index in [1.807, 2.05) is 53.9 Å². The zero-order valence-corrected chi connectivity index (χ0v) is 27.6. The fraction of sp³-hybridized carbons (Fsp3) is 0. The van der Waals surface area contributed by atoms with E-state index in [4.69, 9.17) is 14.4 Å². The van der Waals surface area contributed by atoms with Crippen molar-refractivity contribution in [1.82, 2.24) is 15.0 Å². The van der Waals surface area contributed by atoms with E-state index in [9.17, 15) is 0 Å². The first-order chi connectivity index (χ1) is 24.8. The minimum absolute atomic E-state index is 0.666. The highest BCUT2D eigenvalue weighted by atomic mass is 32.1. The van der Waals surface area contributed by atoms with Crippen LogP contribution < -0.4 is 0 Å². The van der Waals surface area contributed by atoms with Crippen LogP contribution in [0.2, 0.25) is 0 Å². The lowest BCUT2D eigenvalue weighted by Gasteiger charge is -2.14. The average Bonchev–Trinajstić information content (AvgIpc) is 3.77. The number of para-hydroxylation sites is 1. The van der Waals surface area contributed by atoms with Crippen LogP contribution >= 0.6 is 11.3 Å². The van der Waals surface area contributed by atoms with Gasteiger partial charge in [-0.3, -0.25) is 4.98 Å². The maximum Gasteiger partial charge on any atom is 0.160 e. The van der Waals surface area contributed by atoms with E-state index in [0.717, 1.165) is 72.3 Å². The van der Waals surface area contributed by atoms with Gasteiger partial charge in [-0.1, -0.05) is 109 Å². The van der Waals surface area contributed by atoms with E-state index >= 15 is 0 Å². The number of thiophene rings is 1. The number of nitrogens with zero attached hydrogens (tertiary/aromatic N) is 3. The monoisotopic (exact) mass is 657 g/mol. The largest absolute Gasteiger partial charge is 0.455 e. The lowest BCUT2D eigenvalue weighted by atomic mass is 9.94. The first-order valence-electron chi connectivity index (χ1n) is 16.6. The number of benzene rings is 6. The molecule has 4 heterocycles. The Morgan fingerprint density at radius 1 is 0.460 bits per heavy atom. The first-order valence-corrected chi connectivity index (χ1v) is 17.4. The molecule has 0 amide bonds. The zero-order chi connectivity index (χ0) is 33.0. The summed E-state index contributed by atoms with van der Waals surface area (Å²) in [5.41, 5.74) is 10.6. The summed E-state index contributed by atoms with van der Waals surface area (Å²) in [5, 5.41) is 4.63. The molecule has 5 heteroatoms. The minimum Gasteiger partial charge on any atom is -0.455 e. The van der Waals surface area contributed by atoms with Crippen molar-refractivity contribution >= 4 is 53.4 Å². The van der Waals surface area contributed by atoms with Gasteiger partial charge in [-0.05, 0) is 53.6 Å². The summed E-state index contributed by atoms with van der Waals surface area (Å²) in [6.45, 7) is 0. The predicted molar refractivity (Wildman–Crippen MR) is 207 cm³/mol. The van der Waals surface area contributed by atoms with E-state index in [2.05, 4.69) is 120 Å². The minimum atomic E-state index is 0.666. The molecule has 234 valence electrons. The van der Waals surface area contributed by atoms with Crippen LogP contribution in [0.15, 0.2) is 168 Å². The highest BCUT2D eigenvalue weighted by molar-refractivity contribution is 7.25. The highest BCUT2D eigenvalue weighted by Gasteiger charge is 2.21. The Morgan fingerprint density at radius 3 is 2.02 bits per heavy atom. The smallest absolute Gasteiger partial charge is 0.160 e. The van der Waals surface area contributed by atoms with Crippen LogP contribution in [0, 0.1) is 0 Å². The van der Waals surface area contributed by atoms with Gasteiger partial charge in [0.2, 0.25) is 0 Å². The quantitative estimate of drug-likeness (QED) is 0.185. The topological polar surface area (TPSA) is 51.8 Å². The molecular weight excluding hydrogens is 631 g/mol. The van der Waals surface area contributed by atoms with Crippen LogP contribution in [0.3, 0.4) is 0 Å². The second-order valence-electron chi connectivity index (χ2n) is 12.4. The lowest BCUT2D eigenvalue weighted by molar-refractivity contribution is 0.670. The van der Waals surface area contributed by atoms with Crippen LogP contribution in [0.1, 0.15) is 0 Å². The Kier molecular flexibility index (Phi) is 6.64. The number of hydrogen-bond donors (Lipinski definition) is 0. The second-order valence-corrected chi connectivity index (χ2v) is 13.5. The van der Waals surface area contributed by atoms with Crippen molar-refractivity contribution in [3.63, 3.8) is 0 Å². The summed E-state index contributed by atoms with van der Waals surface area (Å²) in [5.74, 6) is 0.666. The molecule has 6 aromatic carbocycles. The Hall–Kier alpha value is -6.43. The number of hydrogen-bond acceptors (Lipinski definition) is 5. The molecule has 10 rings (SSSR count). The molecule has 0 fully saturated rings. The Balaban J connectivity index is 1.23. The molecule has 50 heavy (non-hydrogen) atoms. The van der Waals surface area contributed by atoms with Gasteiger partial charge in [-0.2, -0.15) is 0 Å². The number of pyridine rings is 1. The molecule has 0 spiro atoms. The number of rotatable bonds is 5. The summed E-state index contributed by atoms with van der Waals surface area (Å²) < 4.78 is 9.31. The van der Waals surface area contributed by atoms with Crippen LogP contribution in [0.4, 0.5) is 0 Å². The zero-order valence-electron chi connectivity index (χ0n) is 26.7. The number of furan rings is 1. The molecule has 0 aliphatic heterocycles. The van der Waals surface area contributed by atoms with E-state index in [0.29, 0.717) is 5.82 Å². The van der Waals surface area contributed by atoms with Crippen LogP contribution in [0.5, 0.6) is 0 Å². The van der Waals surface area contributed by atoms with Crippen molar-refractivity contribution in [1.29, 1.82) is 0 Å². The summed E-state index contributed by atoms with van der Waals surface area (Å²) >= 11 is 1.83. The van der Waals surface area contributed by atoms with Crippen LogP contribution in [0.25, 0.3) is 98.3 Å². The van der Waals surface area contributed by atoms with Crippen molar-refractivity contribution in [2.75, 3.05) is 0 Å². The van der Waals surface area contributed by atoms with Gasteiger partial charge in [0, 0.05) is 71.2 Å². The van der Waals surface area contributed by atoms with Gasteiger partial charge >= 0.3 is 0 Å². The summed E-state index contributed by atoms with van der Waals surface area (Å²) in [4.78, 5) is 14.8. The molecule has 0 N–H and O–H groups in total. The van der Waals surface area contributed by atoms with Crippen molar-refractivity contribution in [3.05, 3.63) is 164 Å². The molecule has 0 unspecified atom stereocenters. The fourth-order valence-electron chi connectivity index (χ4n) is 7.08. The average molecular weight is 658 g/mol. The van der Waals surface area contributed by atoms with Crippen molar-refractivity contribution < 1.29 is 4.42 Å². The molecule has 0 bridgehead atoms. The van der Waals surface area contributed by atoms with Crippen LogP contribution in [-0.4, -0.2) is 15.0 Å². The normalized spacial score (nSPS) is 11.6. The van der Waals surface area contributed by atoms with Crippen molar-refractivity contribution in [2.24, 2.45) is 0 Å². The third-order valence-electron chi connectivity index (χ3n) is 9.42. The molecule has 0 aliphatic rings. The Bertz CT molecular complexity index is 2870. The summed E-state index contributed by atoms with van der Waals surface area (Å²) in [6, 6.07) is 52.8. The van der Waals surface area contributed by atoms with Gasteiger partial charge in [-0.15, -0.1) is 11.3 Å². The van der Waals surface area contributed by atoms with E-state index < -0.39 is 0 Å². The van der Waals surface area contributed by atoms with Crippen molar-refractivity contribution in [2.45, 2.75) is 0 Å². The molecule has 4 aromatic heterocycles. The van der Waals surface area contributed by atoms with Gasteiger partial charge in [0.05, 0.1) is 11.4 Å². The number of fused-ring (bicyclic) bond motifs is 6. The molecule has 0 saturated carbocycles. The molecule has 0 saturated heterocycles. The van der Waals surface area contributed by atoms with Gasteiger partial charge in [-0.25, -0.2) is 9.97 Å². The maximum absolute atomic E-state index is 6.74. The van der Waals surface area contributed by atoms with Crippen LogP contribution in [-0.2, 0) is 0 Å².